The predicted molar refractivity (Wildman–Crippen MR) is 71.5 cm³/mol. The number of aryl methyl sites for hydroxylation is 1. The van der Waals surface area contributed by atoms with E-state index in [0.29, 0.717) is 6.42 Å². The normalized spacial score (nSPS) is 24.9. The van der Waals surface area contributed by atoms with Gasteiger partial charge in [0.15, 0.2) is 0 Å². The van der Waals surface area contributed by atoms with Crippen molar-refractivity contribution >= 4 is 21.0 Å². The second kappa shape index (κ2) is 5.39. The second-order valence-electron chi connectivity index (χ2n) is 4.37. The molecule has 0 spiro atoms. The molecule has 0 saturated carbocycles. The summed E-state index contributed by atoms with van der Waals surface area (Å²) in [5.74, 6) is -0.224. The van der Waals surface area contributed by atoms with Crippen molar-refractivity contribution in [1.82, 2.24) is 0 Å². The lowest BCUT2D eigenvalue weighted by Gasteiger charge is -2.34. The van der Waals surface area contributed by atoms with Gasteiger partial charge in [0.1, 0.15) is 0 Å². The van der Waals surface area contributed by atoms with Gasteiger partial charge in [0.2, 0.25) is 0 Å². The Balaban J connectivity index is 2.11. The maximum atomic E-state index is 12.0. The molecule has 6 nitrogen and oxygen atoms in total. The molecule has 1 aliphatic rings. The molecule has 1 heterocycles. The zero-order valence-corrected chi connectivity index (χ0v) is 12.0. The van der Waals surface area contributed by atoms with Crippen LogP contribution in [0, 0.1) is 6.92 Å². The Morgan fingerprint density at radius 1 is 1.32 bits per heavy atom. The van der Waals surface area contributed by atoms with Gasteiger partial charge in [-0.15, -0.1) is 0 Å². The molecular weight excluding hydrogens is 292 g/mol. The molecule has 1 aromatic rings. The lowest BCUT2D eigenvalue weighted by atomic mass is 10.2. The summed E-state index contributed by atoms with van der Waals surface area (Å²) in [6, 6.07) is 6.27. The Labute approximate surface area is 114 Å². The molecule has 0 aromatic heterocycles. The van der Waals surface area contributed by atoms with E-state index in [1.54, 1.807) is 12.1 Å². The zero-order valence-electron chi connectivity index (χ0n) is 10.4. The van der Waals surface area contributed by atoms with Gasteiger partial charge in [-0.3, -0.25) is 8.37 Å². The molecule has 1 aliphatic heterocycles. The van der Waals surface area contributed by atoms with E-state index in [1.165, 1.54) is 12.1 Å². The first-order valence-electron chi connectivity index (χ1n) is 5.69. The Morgan fingerprint density at radius 3 is 2.53 bits per heavy atom. The van der Waals surface area contributed by atoms with E-state index in [4.69, 9.17) is 8.37 Å². The van der Waals surface area contributed by atoms with E-state index >= 15 is 0 Å². The highest BCUT2D eigenvalue weighted by Crippen LogP contribution is 2.44. The minimum Gasteiger partial charge on any atom is -0.308 e. The summed E-state index contributed by atoms with van der Waals surface area (Å²) in [6.45, 7) is 1.92. The molecule has 19 heavy (non-hydrogen) atoms. The first-order valence-corrected chi connectivity index (χ1v) is 8.74. The quantitative estimate of drug-likeness (QED) is 0.831. The van der Waals surface area contributed by atoms with Crippen LogP contribution in [0.15, 0.2) is 29.2 Å². The number of hydrogen-bond donors (Lipinski definition) is 2. The molecule has 0 bridgehead atoms. The molecule has 108 valence electrons. The molecule has 1 fully saturated rings. The predicted octanol–water partition coefficient (Wildman–Crippen LogP) is 2.15. The smallest absolute Gasteiger partial charge is 0.297 e. The minimum atomic E-state index is -3.89. The Kier molecular flexibility index (Phi) is 4.19. The maximum absolute atomic E-state index is 12.0. The number of rotatable bonds is 3. The molecule has 1 unspecified atom stereocenters. The highest BCUT2D eigenvalue weighted by atomic mass is 32.3. The average Bonchev–Trinajstić information content (AvgIpc) is 2.27. The van der Waals surface area contributed by atoms with Gasteiger partial charge in [0.25, 0.3) is 10.1 Å². The van der Waals surface area contributed by atoms with Gasteiger partial charge in [-0.1, -0.05) is 17.7 Å². The molecule has 1 saturated heterocycles. The van der Waals surface area contributed by atoms with Gasteiger partial charge in [-0.05, 0) is 19.1 Å². The van der Waals surface area contributed by atoms with Crippen molar-refractivity contribution in [2.75, 3.05) is 12.4 Å². The number of hydrogen-bond acceptors (Lipinski definition) is 6. The fourth-order valence-corrected chi connectivity index (χ4v) is 4.07. The van der Waals surface area contributed by atoms with Crippen LogP contribution in [0.2, 0.25) is 0 Å². The lowest BCUT2D eigenvalue weighted by molar-refractivity contribution is 0.143. The SMILES string of the molecule is Cc1ccc(S(=O)(=O)OC2CCOS(O)(O)C2)cc1. The van der Waals surface area contributed by atoms with E-state index in [9.17, 15) is 17.5 Å². The standard InChI is InChI=1S/C11H16O6S2/c1-9-2-4-11(5-3-9)19(14,15)17-10-6-7-16-18(12,13)8-10/h2-5,10,12-13H,6-8H2,1H3. The second-order valence-corrected chi connectivity index (χ2v) is 7.72. The van der Waals surface area contributed by atoms with Crippen molar-refractivity contribution in [3.8, 4) is 0 Å². The summed E-state index contributed by atoms with van der Waals surface area (Å²) in [6.07, 6.45) is -0.467. The van der Waals surface area contributed by atoms with Crippen LogP contribution in [0.25, 0.3) is 0 Å². The van der Waals surface area contributed by atoms with Crippen LogP contribution in [0.1, 0.15) is 12.0 Å². The van der Waals surface area contributed by atoms with Crippen molar-refractivity contribution in [3.05, 3.63) is 29.8 Å². The lowest BCUT2D eigenvalue weighted by Crippen LogP contribution is -2.32. The highest BCUT2D eigenvalue weighted by molar-refractivity contribution is 8.20. The van der Waals surface area contributed by atoms with E-state index in [-0.39, 0.29) is 17.3 Å². The van der Waals surface area contributed by atoms with Crippen LogP contribution < -0.4 is 0 Å². The zero-order chi connectivity index (χ0) is 14.1. The molecule has 1 atom stereocenters. The van der Waals surface area contributed by atoms with E-state index < -0.39 is 27.1 Å². The van der Waals surface area contributed by atoms with Crippen LogP contribution >= 0.6 is 10.9 Å². The first kappa shape index (κ1) is 14.8. The van der Waals surface area contributed by atoms with Crippen LogP contribution in [-0.4, -0.2) is 36.0 Å². The van der Waals surface area contributed by atoms with Crippen LogP contribution in [0.4, 0.5) is 0 Å². The van der Waals surface area contributed by atoms with Crippen molar-refractivity contribution in [2.45, 2.75) is 24.3 Å². The van der Waals surface area contributed by atoms with Gasteiger partial charge >= 0.3 is 0 Å². The largest absolute Gasteiger partial charge is 0.308 e. The van der Waals surface area contributed by atoms with E-state index in [0.717, 1.165) is 5.56 Å². The van der Waals surface area contributed by atoms with Crippen molar-refractivity contribution in [3.63, 3.8) is 0 Å². The molecule has 2 N–H and O–H groups in total. The summed E-state index contributed by atoms with van der Waals surface area (Å²) >= 11 is 0. The average molecular weight is 308 g/mol. The Hall–Kier alpha value is -0.640. The van der Waals surface area contributed by atoms with Crippen molar-refractivity contribution < 1.29 is 25.9 Å². The van der Waals surface area contributed by atoms with Crippen LogP contribution in [0.5, 0.6) is 0 Å². The molecule has 2 rings (SSSR count). The van der Waals surface area contributed by atoms with Gasteiger partial charge in [0, 0.05) is 6.42 Å². The summed E-state index contributed by atoms with van der Waals surface area (Å²) in [5.41, 5.74) is 0.944. The molecule has 0 aliphatic carbocycles. The molecule has 8 heteroatoms. The van der Waals surface area contributed by atoms with E-state index in [2.05, 4.69) is 0 Å². The third-order valence-corrected chi connectivity index (χ3v) is 5.41. The van der Waals surface area contributed by atoms with Gasteiger partial charge in [0.05, 0.1) is 34.2 Å². The first-order chi connectivity index (χ1) is 8.78. The van der Waals surface area contributed by atoms with Gasteiger partial charge < -0.3 is 9.11 Å². The van der Waals surface area contributed by atoms with Gasteiger partial charge in [-0.25, -0.2) is 0 Å². The summed E-state index contributed by atoms with van der Waals surface area (Å²) in [5, 5.41) is 0. The molecule has 1 aromatic carbocycles. The maximum Gasteiger partial charge on any atom is 0.297 e. The third kappa shape index (κ3) is 3.91. The van der Waals surface area contributed by atoms with E-state index in [1.807, 2.05) is 6.92 Å². The summed E-state index contributed by atoms with van der Waals surface area (Å²) in [4.78, 5) is 0.0565. The monoisotopic (exact) mass is 308 g/mol. The topological polar surface area (TPSA) is 93.1 Å². The highest BCUT2D eigenvalue weighted by Gasteiger charge is 2.33. The van der Waals surface area contributed by atoms with Gasteiger partial charge in [-0.2, -0.15) is 8.42 Å². The fourth-order valence-electron chi connectivity index (χ4n) is 1.70. The van der Waals surface area contributed by atoms with Crippen molar-refractivity contribution in [2.24, 2.45) is 0 Å². The number of benzene rings is 1. The third-order valence-electron chi connectivity index (χ3n) is 2.69. The van der Waals surface area contributed by atoms with Crippen LogP contribution in [0.3, 0.4) is 0 Å². The Bertz CT molecular complexity index is 537. The molecule has 0 amide bonds. The molecule has 0 radical (unpaired) electrons. The summed E-state index contributed by atoms with van der Waals surface area (Å²) in [7, 11) is -7.07. The van der Waals surface area contributed by atoms with Crippen molar-refractivity contribution in [1.29, 1.82) is 0 Å². The summed E-state index contributed by atoms with van der Waals surface area (Å²) < 4.78 is 52.6. The fraction of sp³-hybridized carbons (Fsp3) is 0.455. The molecular formula is C11H16O6S2. The minimum absolute atomic E-state index is 0.0565. The van der Waals surface area contributed by atoms with Crippen LogP contribution in [-0.2, 0) is 18.5 Å². The Morgan fingerprint density at radius 2 is 1.95 bits per heavy atom.